The highest BCUT2D eigenvalue weighted by molar-refractivity contribution is 9.10. The van der Waals surface area contributed by atoms with Crippen LogP contribution >= 0.6 is 15.9 Å². The predicted molar refractivity (Wildman–Crippen MR) is 111 cm³/mol. The molecule has 2 unspecified atom stereocenters. The minimum atomic E-state index is -4.55. The third kappa shape index (κ3) is 4.01. The number of nitrogens with one attached hydrogen (secondary N) is 4. The number of alkyl halides is 3. The van der Waals surface area contributed by atoms with E-state index < -0.39 is 18.1 Å². The second kappa shape index (κ2) is 8.00. The lowest BCUT2D eigenvalue weighted by Crippen LogP contribution is -2.43. The number of anilines is 1. The van der Waals surface area contributed by atoms with Gasteiger partial charge in [-0.05, 0) is 41.4 Å². The largest absolute Gasteiger partial charge is 0.419 e. The molecule has 0 aliphatic carbocycles. The van der Waals surface area contributed by atoms with Gasteiger partial charge in [0.05, 0.1) is 33.1 Å². The molecule has 6 nitrogen and oxygen atoms in total. The van der Waals surface area contributed by atoms with E-state index >= 15 is 0 Å². The van der Waals surface area contributed by atoms with E-state index in [-0.39, 0.29) is 11.8 Å². The molecule has 2 aliphatic heterocycles. The number of ether oxygens (including phenoxy) is 1. The minimum Gasteiger partial charge on any atom is -0.387 e. The molecule has 2 atom stereocenters. The summed E-state index contributed by atoms with van der Waals surface area (Å²) in [6, 6.07) is 3.60. The van der Waals surface area contributed by atoms with Crippen LogP contribution in [0.25, 0.3) is 16.6 Å². The van der Waals surface area contributed by atoms with Crippen molar-refractivity contribution in [1.82, 2.24) is 15.6 Å². The third-order valence-electron chi connectivity index (χ3n) is 5.09. The summed E-state index contributed by atoms with van der Waals surface area (Å²) in [4.78, 5) is 7.04. The number of hydrogen-bond donors (Lipinski definition) is 4. The molecule has 3 heterocycles. The van der Waals surface area contributed by atoms with E-state index in [1.165, 1.54) is 0 Å². The van der Waals surface area contributed by atoms with Gasteiger partial charge in [-0.3, -0.25) is 0 Å². The van der Waals surface area contributed by atoms with Crippen molar-refractivity contribution in [3.63, 3.8) is 0 Å². The van der Waals surface area contributed by atoms with Gasteiger partial charge in [-0.1, -0.05) is 6.07 Å². The number of hydrogen-bond acceptors (Lipinski definition) is 5. The molecule has 0 saturated carbocycles. The molecule has 1 aromatic heterocycles. The van der Waals surface area contributed by atoms with Crippen molar-refractivity contribution in [2.75, 3.05) is 25.5 Å². The molecule has 1 aromatic carbocycles. The van der Waals surface area contributed by atoms with Crippen LogP contribution in [0, 0.1) is 0 Å². The van der Waals surface area contributed by atoms with Gasteiger partial charge in [0.1, 0.15) is 0 Å². The predicted octanol–water partition coefficient (Wildman–Crippen LogP) is 3.97. The van der Waals surface area contributed by atoms with Crippen molar-refractivity contribution < 1.29 is 17.9 Å². The average molecular weight is 472 g/mol. The first-order valence-electron chi connectivity index (χ1n) is 9.33. The first-order valence-corrected chi connectivity index (χ1v) is 10.1. The topological polar surface area (TPSA) is 73.5 Å². The van der Waals surface area contributed by atoms with Crippen LogP contribution in [-0.4, -0.2) is 50.0 Å². The summed E-state index contributed by atoms with van der Waals surface area (Å²) in [7, 11) is 1.78. The number of piperidine rings is 1. The Morgan fingerprint density at radius 3 is 2.83 bits per heavy atom. The molecule has 0 amide bonds. The van der Waals surface area contributed by atoms with Crippen LogP contribution in [0.3, 0.4) is 0 Å². The van der Waals surface area contributed by atoms with E-state index in [4.69, 9.17) is 4.74 Å². The Morgan fingerprint density at radius 1 is 1.31 bits per heavy atom. The van der Waals surface area contributed by atoms with E-state index in [1.54, 1.807) is 19.3 Å². The summed E-state index contributed by atoms with van der Waals surface area (Å²) in [6.45, 7) is 1.58. The number of aromatic nitrogens is 1. The summed E-state index contributed by atoms with van der Waals surface area (Å²) >= 11 is 3.50. The molecule has 2 aromatic rings. The molecule has 0 spiro atoms. The number of H-pyrrole nitrogens is 1. The molecule has 29 heavy (non-hydrogen) atoms. The molecule has 0 bridgehead atoms. The van der Waals surface area contributed by atoms with Crippen molar-refractivity contribution in [3.8, 4) is 0 Å². The molecular formula is C19H21BrF3N5O. The summed E-state index contributed by atoms with van der Waals surface area (Å²) in [5, 5.41) is 9.79. The Kier molecular flexibility index (Phi) is 5.58. The maximum atomic E-state index is 13.7. The van der Waals surface area contributed by atoms with Gasteiger partial charge >= 0.3 is 6.18 Å². The maximum absolute atomic E-state index is 13.7. The van der Waals surface area contributed by atoms with Gasteiger partial charge in [0, 0.05) is 37.0 Å². The molecule has 2 aliphatic rings. The highest BCUT2D eigenvalue weighted by Gasteiger charge is 2.39. The summed E-state index contributed by atoms with van der Waals surface area (Å²) < 4.78 is 47.7. The van der Waals surface area contributed by atoms with Crippen molar-refractivity contribution in [1.29, 1.82) is 0 Å². The van der Waals surface area contributed by atoms with Crippen LogP contribution in [0.1, 0.15) is 18.4 Å². The number of rotatable bonds is 4. The van der Waals surface area contributed by atoms with Gasteiger partial charge in [-0.15, -0.1) is 0 Å². The molecule has 10 heteroatoms. The number of benzene rings is 1. The molecular weight excluding hydrogens is 451 g/mol. The zero-order valence-corrected chi connectivity index (χ0v) is 17.2. The van der Waals surface area contributed by atoms with Crippen LogP contribution in [0.4, 0.5) is 18.9 Å². The fourth-order valence-corrected chi connectivity index (χ4v) is 4.29. The Hall–Kier alpha value is -2.04. The first-order chi connectivity index (χ1) is 13.9. The monoisotopic (exact) mass is 471 g/mol. The van der Waals surface area contributed by atoms with Crippen LogP contribution in [-0.2, 0) is 4.74 Å². The molecule has 1 fully saturated rings. The van der Waals surface area contributed by atoms with Gasteiger partial charge in [0.25, 0.3) is 0 Å². The molecule has 0 radical (unpaired) electrons. The zero-order chi connectivity index (χ0) is 20.6. The SMILES string of the molecule is CNc1ccc2c(C3=C(C(F)(F)F)C=NC(OC4CCCNC4)N3)c[nH]c2c1Br. The fourth-order valence-electron chi connectivity index (χ4n) is 3.63. The van der Waals surface area contributed by atoms with Crippen LogP contribution in [0.5, 0.6) is 0 Å². The number of nitrogens with zero attached hydrogens (tertiary/aromatic N) is 1. The van der Waals surface area contributed by atoms with Gasteiger partial charge in [-0.25, -0.2) is 4.99 Å². The second-order valence-corrected chi connectivity index (χ2v) is 7.76. The summed E-state index contributed by atoms with van der Waals surface area (Å²) in [5.74, 6) is 0. The highest BCUT2D eigenvalue weighted by Crippen LogP contribution is 2.38. The normalized spacial score (nSPS) is 22.8. The van der Waals surface area contributed by atoms with Crippen molar-refractivity contribution >= 4 is 44.4 Å². The quantitative estimate of drug-likeness (QED) is 0.544. The number of aliphatic imine (C=N–C) groups is 1. The lowest BCUT2D eigenvalue weighted by molar-refractivity contribution is -0.0867. The first kappa shape index (κ1) is 20.2. The maximum Gasteiger partial charge on any atom is 0.419 e. The molecule has 156 valence electrons. The van der Waals surface area contributed by atoms with E-state index in [2.05, 4.69) is 41.9 Å². The lowest BCUT2D eigenvalue weighted by atomic mass is 10.0. The Balaban J connectivity index is 1.71. The van der Waals surface area contributed by atoms with Gasteiger partial charge in [-0.2, -0.15) is 13.2 Å². The Labute approximate surface area is 174 Å². The number of halogens is 4. The summed E-state index contributed by atoms with van der Waals surface area (Å²) in [5.41, 5.74) is 1.09. The average Bonchev–Trinajstić information content (AvgIpc) is 3.13. The highest BCUT2D eigenvalue weighted by atomic mass is 79.9. The van der Waals surface area contributed by atoms with Crippen molar-refractivity contribution in [2.45, 2.75) is 31.5 Å². The van der Waals surface area contributed by atoms with Crippen LogP contribution < -0.4 is 16.0 Å². The number of allylic oxidation sites excluding steroid dienone is 1. The van der Waals surface area contributed by atoms with E-state index in [1.807, 2.05) is 6.07 Å². The second-order valence-electron chi connectivity index (χ2n) is 6.97. The molecule has 1 saturated heterocycles. The molecule has 4 N–H and O–H groups in total. The lowest BCUT2D eigenvalue weighted by Gasteiger charge is -2.30. The van der Waals surface area contributed by atoms with Crippen molar-refractivity contribution in [2.24, 2.45) is 4.99 Å². The number of fused-ring (bicyclic) bond motifs is 1. The standard InChI is InChI=1S/C19H21BrF3N5O/c1-24-14-5-4-11-12(8-26-17(11)15(14)20)16-13(19(21,22)23)9-27-18(28-16)29-10-3-2-6-25-7-10/h4-5,8-10,18,24-26,28H,2-3,6-7H2,1H3. The van der Waals surface area contributed by atoms with Crippen LogP contribution in [0.15, 0.2) is 33.4 Å². The van der Waals surface area contributed by atoms with E-state index in [0.29, 0.717) is 23.0 Å². The van der Waals surface area contributed by atoms with Gasteiger partial charge in [0.15, 0.2) is 0 Å². The Morgan fingerprint density at radius 2 is 2.14 bits per heavy atom. The number of aromatic amines is 1. The fraction of sp³-hybridized carbons (Fsp3) is 0.421. The van der Waals surface area contributed by atoms with Gasteiger partial charge < -0.3 is 25.7 Å². The van der Waals surface area contributed by atoms with E-state index in [9.17, 15) is 13.2 Å². The Bertz CT molecular complexity index is 963. The van der Waals surface area contributed by atoms with E-state index in [0.717, 1.165) is 35.8 Å². The molecule has 4 rings (SSSR count). The minimum absolute atomic E-state index is 0.0448. The summed E-state index contributed by atoms with van der Waals surface area (Å²) in [6.07, 6.45) is -1.27. The third-order valence-corrected chi connectivity index (χ3v) is 5.91. The van der Waals surface area contributed by atoms with Gasteiger partial charge in [0.2, 0.25) is 6.35 Å². The van der Waals surface area contributed by atoms with Crippen molar-refractivity contribution in [3.05, 3.63) is 33.9 Å². The van der Waals surface area contributed by atoms with Crippen LogP contribution in [0.2, 0.25) is 0 Å². The zero-order valence-electron chi connectivity index (χ0n) is 15.7. The smallest absolute Gasteiger partial charge is 0.387 e.